The Bertz CT molecular complexity index is 144. The molecule has 1 aliphatic rings. The van der Waals surface area contributed by atoms with Gasteiger partial charge >= 0.3 is 0 Å². The first-order valence-corrected chi connectivity index (χ1v) is 5.81. The van der Waals surface area contributed by atoms with Crippen LogP contribution in [0.5, 0.6) is 0 Å². The van der Waals surface area contributed by atoms with Crippen molar-refractivity contribution < 1.29 is 5.11 Å². The predicted molar refractivity (Wildman–Crippen MR) is 56.6 cm³/mol. The van der Waals surface area contributed by atoms with E-state index in [9.17, 15) is 5.11 Å². The second kappa shape index (κ2) is 4.99. The molecule has 0 bridgehead atoms. The molecule has 1 fully saturated rings. The van der Waals surface area contributed by atoms with E-state index < -0.39 is 0 Å². The van der Waals surface area contributed by atoms with Gasteiger partial charge in [0.05, 0.1) is 6.10 Å². The quantitative estimate of drug-likeness (QED) is 0.711. The van der Waals surface area contributed by atoms with E-state index in [1.54, 1.807) is 0 Å². The lowest BCUT2D eigenvalue weighted by molar-refractivity contribution is 0.0845. The van der Waals surface area contributed by atoms with Gasteiger partial charge in [0.25, 0.3) is 0 Å². The van der Waals surface area contributed by atoms with E-state index in [1.165, 1.54) is 25.7 Å². The summed E-state index contributed by atoms with van der Waals surface area (Å²) in [5, 5.41) is 9.97. The Morgan fingerprint density at radius 3 is 2.54 bits per heavy atom. The summed E-state index contributed by atoms with van der Waals surface area (Å²) in [4.78, 5) is 0. The summed E-state index contributed by atoms with van der Waals surface area (Å²) < 4.78 is 0. The smallest absolute Gasteiger partial charge is 0.0571 e. The maximum absolute atomic E-state index is 9.97. The van der Waals surface area contributed by atoms with Crippen molar-refractivity contribution >= 4 is 0 Å². The van der Waals surface area contributed by atoms with E-state index in [0.29, 0.717) is 11.8 Å². The molecule has 0 spiro atoms. The van der Waals surface area contributed by atoms with E-state index in [4.69, 9.17) is 0 Å². The van der Waals surface area contributed by atoms with Gasteiger partial charge in [-0.25, -0.2) is 0 Å². The minimum Gasteiger partial charge on any atom is -0.393 e. The molecule has 0 aromatic carbocycles. The van der Waals surface area contributed by atoms with E-state index >= 15 is 0 Å². The monoisotopic (exact) mass is 184 g/mol. The van der Waals surface area contributed by atoms with Crippen molar-refractivity contribution in [2.24, 2.45) is 17.8 Å². The summed E-state index contributed by atoms with van der Waals surface area (Å²) in [6.45, 7) is 6.74. The highest BCUT2D eigenvalue weighted by atomic mass is 16.3. The fourth-order valence-electron chi connectivity index (χ4n) is 2.37. The van der Waals surface area contributed by atoms with Gasteiger partial charge in [0.15, 0.2) is 0 Å². The third kappa shape index (κ3) is 3.30. The lowest BCUT2D eigenvalue weighted by atomic mass is 9.91. The zero-order valence-electron chi connectivity index (χ0n) is 9.29. The van der Waals surface area contributed by atoms with Gasteiger partial charge in [0, 0.05) is 0 Å². The molecule has 1 rings (SSSR count). The fraction of sp³-hybridized carbons (Fsp3) is 1.00. The van der Waals surface area contributed by atoms with Crippen LogP contribution in [-0.4, -0.2) is 11.2 Å². The van der Waals surface area contributed by atoms with Crippen LogP contribution in [-0.2, 0) is 0 Å². The van der Waals surface area contributed by atoms with Gasteiger partial charge in [0.1, 0.15) is 0 Å². The lowest BCUT2D eigenvalue weighted by Crippen LogP contribution is -2.20. The van der Waals surface area contributed by atoms with E-state index in [0.717, 1.165) is 12.3 Å². The average Bonchev–Trinajstić information content (AvgIpc) is 2.51. The molecule has 0 saturated heterocycles. The first-order chi connectivity index (χ1) is 6.13. The highest BCUT2D eigenvalue weighted by Gasteiger charge is 2.27. The largest absolute Gasteiger partial charge is 0.393 e. The van der Waals surface area contributed by atoms with Gasteiger partial charge in [-0.3, -0.25) is 0 Å². The summed E-state index contributed by atoms with van der Waals surface area (Å²) in [5.74, 6) is 2.13. The first-order valence-electron chi connectivity index (χ1n) is 5.81. The van der Waals surface area contributed by atoms with E-state index in [-0.39, 0.29) is 6.10 Å². The number of hydrogen-bond acceptors (Lipinski definition) is 1. The first kappa shape index (κ1) is 11.0. The molecule has 4 atom stereocenters. The molecule has 1 aliphatic carbocycles. The molecule has 1 saturated carbocycles. The molecule has 13 heavy (non-hydrogen) atoms. The van der Waals surface area contributed by atoms with Crippen LogP contribution in [0, 0.1) is 17.8 Å². The zero-order valence-corrected chi connectivity index (χ0v) is 9.29. The van der Waals surface area contributed by atoms with Crippen LogP contribution in [0.4, 0.5) is 0 Å². The second-order valence-corrected chi connectivity index (χ2v) is 4.99. The van der Waals surface area contributed by atoms with Crippen LogP contribution in [0.2, 0.25) is 0 Å². The number of aliphatic hydroxyl groups is 1. The van der Waals surface area contributed by atoms with Crippen molar-refractivity contribution in [2.45, 2.75) is 59.0 Å². The topological polar surface area (TPSA) is 20.2 Å². The number of aliphatic hydroxyl groups excluding tert-OH is 1. The summed E-state index contributed by atoms with van der Waals surface area (Å²) in [6.07, 6.45) is 5.99. The van der Waals surface area contributed by atoms with Crippen molar-refractivity contribution in [2.75, 3.05) is 0 Å². The van der Waals surface area contributed by atoms with Crippen LogP contribution in [0.1, 0.15) is 52.9 Å². The summed E-state index contributed by atoms with van der Waals surface area (Å²) in [6, 6.07) is 0. The molecule has 0 aliphatic heterocycles. The van der Waals surface area contributed by atoms with Gasteiger partial charge in [0.2, 0.25) is 0 Å². The van der Waals surface area contributed by atoms with Gasteiger partial charge < -0.3 is 5.11 Å². The summed E-state index contributed by atoms with van der Waals surface area (Å²) >= 11 is 0. The van der Waals surface area contributed by atoms with Crippen molar-refractivity contribution in [3.05, 3.63) is 0 Å². The Labute approximate surface area is 82.5 Å². The SMILES string of the molecule is CCC(C)CC(O)C1CCC(C)C1. The Balaban J connectivity index is 2.27. The normalized spacial score (nSPS) is 33.2. The standard InChI is InChI=1S/C12H24O/c1-4-9(2)8-12(13)11-6-5-10(3)7-11/h9-13H,4-8H2,1-3H3. The van der Waals surface area contributed by atoms with Crippen LogP contribution in [0.3, 0.4) is 0 Å². The third-order valence-electron chi connectivity index (χ3n) is 3.62. The average molecular weight is 184 g/mol. The molecule has 1 N–H and O–H groups in total. The molecule has 0 aromatic heterocycles. The molecule has 1 nitrogen and oxygen atoms in total. The maximum atomic E-state index is 9.97. The molecule has 4 unspecified atom stereocenters. The molecule has 0 radical (unpaired) electrons. The Morgan fingerprint density at radius 2 is 2.08 bits per heavy atom. The summed E-state index contributed by atoms with van der Waals surface area (Å²) in [7, 11) is 0. The van der Waals surface area contributed by atoms with Gasteiger partial charge in [-0.1, -0.05) is 33.6 Å². The maximum Gasteiger partial charge on any atom is 0.0571 e. The minimum absolute atomic E-state index is 0.0279. The van der Waals surface area contributed by atoms with Crippen LogP contribution in [0.25, 0.3) is 0 Å². The lowest BCUT2D eigenvalue weighted by Gasteiger charge is -2.20. The zero-order chi connectivity index (χ0) is 9.84. The van der Waals surface area contributed by atoms with Crippen molar-refractivity contribution in [3.63, 3.8) is 0 Å². The van der Waals surface area contributed by atoms with Crippen molar-refractivity contribution in [3.8, 4) is 0 Å². The van der Waals surface area contributed by atoms with E-state index in [1.807, 2.05) is 0 Å². The molecule has 0 amide bonds. The van der Waals surface area contributed by atoms with Crippen LogP contribution in [0.15, 0.2) is 0 Å². The molecule has 0 heterocycles. The second-order valence-electron chi connectivity index (χ2n) is 4.99. The number of rotatable bonds is 4. The molecular formula is C12H24O. The van der Waals surface area contributed by atoms with Gasteiger partial charge in [-0.05, 0) is 37.0 Å². The molecular weight excluding hydrogens is 160 g/mol. The van der Waals surface area contributed by atoms with Crippen molar-refractivity contribution in [1.82, 2.24) is 0 Å². The Kier molecular flexibility index (Phi) is 4.24. The summed E-state index contributed by atoms with van der Waals surface area (Å²) in [5.41, 5.74) is 0. The molecule has 0 aromatic rings. The van der Waals surface area contributed by atoms with Gasteiger partial charge in [-0.2, -0.15) is 0 Å². The van der Waals surface area contributed by atoms with Crippen molar-refractivity contribution in [1.29, 1.82) is 0 Å². The third-order valence-corrected chi connectivity index (χ3v) is 3.62. The predicted octanol–water partition coefficient (Wildman–Crippen LogP) is 3.22. The molecule has 1 heteroatoms. The van der Waals surface area contributed by atoms with Crippen LogP contribution < -0.4 is 0 Å². The minimum atomic E-state index is -0.0279. The fourth-order valence-corrected chi connectivity index (χ4v) is 2.37. The van der Waals surface area contributed by atoms with Crippen LogP contribution >= 0.6 is 0 Å². The van der Waals surface area contributed by atoms with Gasteiger partial charge in [-0.15, -0.1) is 0 Å². The van der Waals surface area contributed by atoms with E-state index in [2.05, 4.69) is 20.8 Å². The highest BCUT2D eigenvalue weighted by molar-refractivity contribution is 4.79. The Hall–Kier alpha value is -0.0400. The molecule has 78 valence electrons. The Morgan fingerprint density at radius 1 is 1.38 bits per heavy atom. The number of hydrogen-bond donors (Lipinski definition) is 1. The highest BCUT2D eigenvalue weighted by Crippen LogP contribution is 2.34.